The third-order valence-electron chi connectivity index (χ3n) is 11.4. The SMILES string of the molecule is CC(C)(C)C1=CN(c2cccc(C(C)(C)c3ccccc3)c2)[CH-]N1c1[c-]c(Oc2[c-]c3c(c(C(C)(C)C)c2)c2ccccc2n3-c2cc(C(C)(C)C)ccn2)ccc1.[Pt]. The van der Waals surface area contributed by atoms with Crippen molar-refractivity contribution in [3.8, 4) is 17.3 Å². The zero-order valence-electron chi connectivity index (χ0n) is 36.2. The molecule has 0 saturated carbocycles. The van der Waals surface area contributed by atoms with Crippen LogP contribution in [-0.4, -0.2) is 9.55 Å². The third-order valence-corrected chi connectivity index (χ3v) is 11.4. The normalized spacial score (nSPS) is 13.8. The molecule has 0 aliphatic carbocycles. The number of para-hydroxylation sites is 1. The summed E-state index contributed by atoms with van der Waals surface area (Å²) in [5.74, 6) is 2.12. The minimum atomic E-state index is -0.180. The molecule has 3 heterocycles. The van der Waals surface area contributed by atoms with Crippen molar-refractivity contribution in [2.45, 2.75) is 92.4 Å². The summed E-state index contributed by atoms with van der Waals surface area (Å²) in [5, 5.41) is 2.34. The van der Waals surface area contributed by atoms with E-state index in [0.29, 0.717) is 11.5 Å². The van der Waals surface area contributed by atoms with Crippen LogP contribution >= 0.6 is 0 Å². The fourth-order valence-corrected chi connectivity index (χ4v) is 8.01. The molecule has 0 bridgehead atoms. The maximum atomic E-state index is 6.80. The smallest absolute Gasteiger partial charge is 0.135 e. The summed E-state index contributed by atoms with van der Waals surface area (Å²) in [5.41, 5.74) is 9.65. The largest absolute Gasteiger partial charge is 0.509 e. The standard InChI is InChI=1S/C53H55N4O.Pt/c1-50(2,3)37-27-28-54-48(30-37)57-45-26-16-15-25-43(45)49-44(51(4,5)6)32-42(33-46(49)57)58-41-24-18-23-40(31-41)56-35-55(34-47(56)52(7,8)9)39-22-17-21-38(29-39)53(10,11)36-19-13-12-14-20-36;/h12-30,32,34-35H,1-11H3;/q-3;. The van der Waals surface area contributed by atoms with Crippen molar-refractivity contribution in [1.29, 1.82) is 0 Å². The average Bonchev–Trinajstić information content (AvgIpc) is 3.79. The molecule has 0 spiro atoms. The predicted molar refractivity (Wildman–Crippen MR) is 242 cm³/mol. The van der Waals surface area contributed by atoms with E-state index in [9.17, 15) is 0 Å². The van der Waals surface area contributed by atoms with E-state index in [-0.39, 0.29) is 42.7 Å². The van der Waals surface area contributed by atoms with Gasteiger partial charge >= 0.3 is 0 Å². The minimum absolute atomic E-state index is 0. The predicted octanol–water partition coefficient (Wildman–Crippen LogP) is 13.8. The van der Waals surface area contributed by atoms with Gasteiger partial charge < -0.3 is 19.1 Å². The molecule has 0 radical (unpaired) electrons. The number of fused-ring (bicyclic) bond motifs is 3. The summed E-state index contributed by atoms with van der Waals surface area (Å²) in [7, 11) is 0. The van der Waals surface area contributed by atoms with Crippen molar-refractivity contribution >= 4 is 33.2 Å². The number of ether oxygens (including phenoxy) is 1. The molecule has 2 aromatic heterocycles. The first-order valence-electron chi connectivity index (χ1n) is 20.4. The van der Waals surface area contributed by atoms with E-state index in [1.54, 1.807) is 0 Å². The van der Waals surface area contributed by atoms with Gasteiger partial charge in [-0.1, -0.05) is 148 Å². The summed E-state index contributed by atoms with van der Waals surface area (Å²) >= 11 is 0. The van der Waals surface area contributed by atoms with Crippen molar-refractivity contribution in [3.05, 3.63) is 174 Å². The van der Waals surface area contributed by atoms with E-state index in [2.05, 4.69) is 219 Å². The van der Waals surface area contributed by atoms with E-state index in [4.69, 9.17) is 9.72 Å². The zero-order valence-corrected chi connectivity index (χ0v) is 38.5. The number of anilines is 2. The molecule has 7 aromatic rings. The van der Waals surface area contributed by atoms with Gasteiger partial charge in [0.05, 0.1) is 0 Å². The number of allylic oxidation sites excluding steroid dienone is 1. The van der Waals surface area contributed by atoms with Crippen LogP contribution in [0.15, 0.2) is 133 Å². The number of benzene rings is 5. The van der Waals surface area contributed by atoms with Gasteiger partial charge in [0.15, 0.2) is 0 Å². The Bertz CT molecular complexity index is 2670. The molecule has 5 aromatic carbocycles. The monoisotopic (exact) mass is 958 g/mol. The number of hydrogen-bond donors (Lipinski definition) is 0. The Kier molecular flexibility index (Phi) is 11.0. The van der Waals surface area contributed by atoms with E-state index < -0.39 is 0 Å². The Balaban J connectivity index is 0.00000528. The molecule has 306 valence electrons. The van der Waals surface area contributed by atoms with Gasteiger partial charge in [-0.25, -0.2) is 4.98 Å². The van der Waals surface area contributed by atoms with Gasteiger partial charge in [0.1, 0.15) is 5.82 Å². The van der Waals surface area contributed by atoms with Gasteiger partial charge in [0.2, 0.25) is 0 Å². The van der Waals surface area contributed by atoms with Crippen molar-refractivity contribution in [2.24, 2.45) is 5.41 Å². The number of rotatable bonds is 7. The molecule has 0 unspecified atom stereocenters. The topological polar surface area (TPSA) is 33.5 Å². The molecule has 0 amide bonds. The quantitative estimate of drug-likeness (QED) is 0.149. The van der Waals surface area contributed by atoms with Gasteiger partial charge in [-0.3, -0.25) is 0 Å². The Labute approximate surface area is 366 Å². The molecule has 5 nitrogen and oxygen atoms in total. The first-order valence-corrected chi connectivity index (χ1v) is 20.4. The summed E-state index contributed by atoms with van der Waals surface area (Å²) in [6, 6.07) is 48.1. The molecular formula is C53H55N4OPt-3. The Morgan fingerprint density at radius 1 is 0.610 bits per heavy atom. The molecule has 0 N–H and O–H groups in total. The van der Waals surface area contributed by atoms with Gasteiger partial charge in [0, 0.05) is 66.5 Å². The van der Waals surface area contributed by atoms with Crippen molar-refractivity contribution < 1.29 is 25.8 Å². The first kappa shape index (κ1) is 42.0. The Hall–Kier alpha value is -5.12. The van der Waals surface area contributed by atoms with E-state index in [1.165, 1.54) is 33.0 Å². The maximum Gasteiger partial charge on any atom is 0.135 e. The molecule has 1 aliphatic heterocycles. The molecule has 0 atom stereocenters. The van der Waals surface area contributed by atoms with Crippen LogP contribution in [0.2, 0.25) is 0 Å². The van der Waals surface area contributed by atoms with E-state index in [0.717, 1.165) is 33.9 Å². The molecule has 6 heteroatoms. The molecule has 1 aliphatic rings. The number of aromatic nitrogens is 2. The molecular weight excluding hydrogens is 904 g/mol. The molecule has 59 heavy (non-hydrogen) atoms. The van der Waals surface area contributed by atoms with Gasteiger partial charge in [-0.15, -0.1) is 48.3 Å². The third kappa shape index (κ3) is 8.11. The van der Waals surface area contributed by atoms with Crippen LogP contribution < -0.4 is 14.5 Å². The summed E-state index contributed by atoms with van der Waals surface area (Å²) < 4.78 is 9.04. The van der Waals surface area contributed by atoms with Crippen LogP contribution in [0.1, 0.15) is 98.4 Å². The van der Waals surface area contributed by atoms with Crippen molar-refractivity contribution in [3.63, 3.8) is 0 Å². The average molecular weight is 959 g/mol. The Morgan fingerprint density at radius 3 is 2.02 bits per heavy atom. The summed E-state index contributed by atoms with van der Waals surface area (Å²) in [6.45, 7) is 27.0. The van der Waals surface area contributed by atoms with Crippen molar-refractivity contribution in [1.82, 2.24) is 9.55 Å². The molecule has 8 rings (SSSR count). The second kappa shape index (κ2) is 15.5. The summed E-state index contributed by atoms with van der Waals surface area (Å²) in [6.07, 6.45) is 4.16. The minimum Gasteiger partial charge on any atom is -0.509 e. The van der Waals surface area contributed by atoms with Crippen LogP contribution in [0.3, 0.4) is 0 Å². The van der Waals surface area contributed by atoms with Crippen LogP contribution in [0.5, 0.6) is 11.5 Å². The Morgan fingerprint density at radius 2 is 1.31 bits per heavy atom. The summed E-state index contributed by atoms with van der Waals surface area (Å²) in [4.78, 5) is 9.38. The van der Waals surface area contributed by atoms with Gasteiger partial charge in [-0.2, -0.15) is 6.07 Å². The van der Waals surface area contributed by atoms with Crippen molar-refractivity contribution in [2.75, 3.05) is 9.80 Å². The second-order valence-corrected chi connectivity index (χ2v) is 19.2. The molecule has 0 saturated heterocycles. The second-order valence-electron chi connectivity index (χ2n) is 19.2. The van der Waals surface area contributed by atoms with Crippen LogP contribution in [0.4, 0.5) is 11.4 Å². The fraction of sp³-hybridized carbons (Fsp3) is 0.283. The first-order chi connectivity index (χ1) is 27.4. The fourth-order valence-electron chi connectivity index (χ4n) is 8.01. The zero-order chi connectivity index (χ0) is 41.2. The van der Waals surface area contributed by atoms with E-state index >= 15 is 0 Å². The number of hydrogen-bond acceptors (Lipinski definition) is 4. The van der Waals surface area contributed by atoms with Gasteiger partial charge in [-0.05, 0) is 69.4 Å². The van der Waals surface area contributed by atoms with Crippen LogP contribution in [0, 0.1) is 24.2 Å². The number of pyridine rings is 1. The van der Waals surface area contributed by atoms with Crippen LogP contribution in [0.25, 0.3) is 27.6 Å². The molecule has 0 fully saturated rings. The van der Waals surface area contributed by atoms with E-state index in [1.807, 2.05) is 18.3 Å². The van der Waals surface area contributed by atoms with Crippen LogP contribution in [-0.2, 0) is 37.3 Å². The van der Waals surface area contributed by atoms with Gasteiger partial charge in [0.25, 0.3) is 0 Å². The number of nitrogens with zero attached hydrogens (tertiary/aromatic N) is 4. The maximum absolute atomic E-state index is 6.80.